The Morgan fingerprint density at radius 3 is 2.63 bits per heavy atom. The molecule has 0 aliphatic rings. The molecule has 1 N–H and O–H groups in total. The van der Waals surface area contributed by atoms with E-state index in [9.17, 15) is 4.79 Å². The molecule has 0 atom stereocenters. The molecule has 4 aromatic rings. The summed E-state index contributed by atoms with van der Waals surface area (Å²) in [5.41, 5.74) is 3.86. The maximum atomic E-state index is 12.2. The highest BCUT2D eigenvalue weighted by molar-refractivity contribution is 14.1. The number of pyridine rings is 1. The molecule has 2 aromatic carbocycles. The van der Waals surface area contributed by atoms with Crippen LogP contribution in [0.15, 0.2) is 73.1 Å². The molecular formula is C21H17IN4O. The smallest absolute Gasteiger partial charge is 0.224 e. The second kappa shape index (κ2) is 7.87. The van der Waals surface area contributed by atoms with Crippen LogP contribution >= 0.6 is 22.6 Å². The van der Waals surface area contributed by atoms with Gasteiger partial charge in [-0.1, -0.05) is 24.3 Å². The number of benzene rings is 2. The summed E-state index contributed by atoms with van der Waals surface area (Å²) in [6.07, 6.45) is 4.62. The molecule has 2 aromatic heterocycles. The summed E-state index contributed by atoms with van der Waals surface area (Å²) in [6, 6.07) is 19.7. The largest absolute Gasteiger partial charge is 0.326 e. The summed E-state index contributed by atoms with van der Waals surface area (Å²) in [5.74, 6) is -0.00862. The van der Waals surface area contributed by atoms with E-state index in [0.29, 0.717) is 12.8 Å². The van der Waals surface area contributed by atoms with Crippen molar-refractivity contribution < 1.29 is 4.79 Å². The third kappa shape index (κ3) is 4.00. The van der Waals surface area contributed by atoms with Crippen molar-refractivity contribution in [2.45, 2.75) is 12.8 Å². The SMILES string of the molecule is O=C(CCc1cccnc1)Nc1ccc(-n2nc(I)c3ccccc32)cc1. The lowest BCUT2D eigenvalue weighted by molar-refractivity contribution is -0.116. The first-order valence-electron chi connectivity index (χ1n) is 8.63. The van der Waals surface area contributed by atoms with Gasteiger partial charge in [0.2, 0.25) is 5.91 Å². The fourth-order valence-electron chi connectivity index (χ4n) is 2.94. The normalized spacial score (nSPS) is 10.9. The fraction of sp³-hybridized carbons (Fsp3) is 0.0952. The van der Waals surface area contributed by atoms with Crippen LogP contribution in [0.2, 0.25) is 0 Å². The zero-order chi connectivity index (χ0) is 18.6. The number of rotatable bonds is 5. The number of carbonyl (C=O) groups excluding carboxylic acids is 1. The van der Waals surface area contributed by atoms with E-state index in [1.807, 2.05) is 53.2 Å². The Bertz CT molecular complexity index is 1070. The van der Waals surface area contributed by atoms with E-state index in [0.717, 1.165) is 31.5 Å². The molecule has 0 unspecified atom stereocenters. The minimum Gasteiger partial charge on any atom is -0.326 e. The van der Waals surface area contributed by atoms with Crippen molar-refractivity contribution in [2.75, 3.05) is 5.32 Å². The lowest BCUT2D eigenvalue weighted by atomic mass is 10.1. The van der Waals surface area contributed by atoms with Crippen LogP contribution in [0.4, 0.5) is 5.69 Å². The monoisotopic (exact) mass is 468 g/mol. The highest BCUT2D eigenvalue weighted by Gasteiger charge is 2.09. The van der Waals surface area contributed by atoms with E-state index in [-0.39, 0.29) is 5.91 Å². The Kier molecular flexibility index (Phi) is 5.15. The summed E-state index contributed by atoms with van der Waals surface area (Å²) in [4.78, 5) is 16.2. The summed E-state index contributed by atoms with van der Waals surface area (Å²) in [7, 11) is 0. The number of nitrogens with one attached hydrogen (secondary N) is 1. The molecule has 4 rings (SSSR count). The molecule has 5 nitrogen and oxygen atoms in total. The third-order valence-corrected chi connectivity index (χ3v) is 5.10. The van der Waals surface area contributed by atoms with Crippen molar-refractivity contribution in [3.8, 4) is 5.69 Å². The number of fused-ring (bicyclic) bond motifs is 1. The first kappa shape index (κ1) is 17.7. The summed E-state index contributed by atoms with van der Waals surface area (Å²) >= 11 is 2.25. The van der Waals surface area contributed by atoms with Crippen molar-refractivity contribution in [3.63, 3.8) is 0 Å². The zero-order valence-electron chi connectivity index (χ0n) is 14.5. The number of halogens is 1. The average Bonchev–Trinajstić information content (AvgIpc) is 3.05. The summed E-state index contributed by atoms with van der Waals surface area (Å²) in [6.45, 7) is 0. The number of hydrogen-bond acceptors (Lipinski definition) is 3. The lowest BCUT2D eigenvalue weighted by Gasteiger charge is -2.08. The van der Waals surface area contributed by atoms with E-state index in [1.165, 1.54) is 0 Å². The highest BCUT2D eigenvalue weighted by atomic mass is 127. The number of hydrogen-bond donors (Lipinski definition) is 1. The summed E-state index contributed by atoms with van der Waals surface area (Å²) < 4.78 is 2.89. The Morgan fingerprint density at radius 2 is 1.85 bits per heavy atom. The molecule has 27 heavy (non-hydrogen) atoms. The number of anilines is 1. The van der Waals surface area contributed by atoms with Gasteiger partial charge in [-0.25, -0.2) is 4.68 Å². The highest BCUT2D eigenvalue weighted by Crippen LogP contribution is 2.24. The van der Waals surface area contributed by atoms with Crippen LogP contribution in [-0.2, 0) is 11.2 Å². The molecule has 0 aliphatic carbocycles. The van der Waals surface area contributed by atoms with Crippen molar-refractivity contribution in [1.29, 1.82) is 0 Å². The topological polar surface area (TPSA) is 59.8 Å². The molecule has 0 spiro atoms. The van der Waals surface area contributed by atoms with Crippen LogP contribution in [-0.4, -0.2) is 20.7 Å². The molecule has 0 bridgehead atoms. The maximum absolute atomic E-state index is 12.2. The van der Waals surface area contributed by atoms with Gasteiger partial charge in [-0.15, -0.1) is 0 Å². The van der Waals surface area contributed by atoms with Crippen molar-refractivity contribution >= 4 is 45.1 Å². The van der Waals surface area contributed by atoms with E-state index in [1.54, 1.807) is 12.4 Å². The average molecular weight is 468 g/mol. The Balaban J connectivity index is 1.45. The quantitative estimate of drug-likeness (QED) is 0.436. The molecule has 6 heteroatoms. The molecule has 0 aliphatic heterocycles. The number of amides is 1. The maximum Gasteiger partial charge on any atom is 0.224 e. The van der Waals surface area contributed by atoms with Crippen LogP contribution in [0.3, 0.4) is 0 Å². The lowest BCUT2D eigenvalue weighted by Crippen LogP contribution is -2.12. The second-order valence-corrected chi connectivity index (χ2v) is 7.20. The van der Waals surface area contributed by atoms with Gasteiger partial charge >= 0.3 is 0 Å². The van der Waals surface area contributed by atoms with Gasteiger partial charge in [0.25, 0.3) is 0 Å². The Hall–Kier alpha value is -2.74. The van der Waals surface area contributed by atoms with E-state index in [4.69, 9.17) is 0 Å². The standard InChI is InChI=1S/C21H17IN4O/c22-21-18-5-1-2-6-19(18)26(25-21)17-10-8-16(9-11-17)24-20(27)12-7-15-4-3-13-23-14-15/h1-6,8-11,13-14H,7,12H2,(H,24,27). The van der Waals surface area contributed by atoms with E-state index >= 15 is 0 Å². The molecule has 0 saturated heterocycles. The molecule has 2 heterocycles. The molecule has 1 amide bonds. The van der Waals surface area contributed by atoms with Gasteiger partial charge < -0.3 is 5.32 Å². The third-order valence-electron chi connectivity index (χ3n) is 4.30. The Morgan fingerprint density at radius 1 is 1.04 bits per heavy atom. The first-order valence-corrected chi connectivity index (χ1v) is 9.71. The van der Waals surface area contributed by atoms with Crippen molar-refractivity contribution in [2.24, 2.45) is 0 Å². The zero-order valence-corrected chi connectivity index (χ0v) is 16.6. The first-order chi connectivity index (χ1) is 13.2. The number of carbonyl (C=O) groups is 1. The molecule has 0 saturated carbocycles. The van der Waals surface area contributed by atoms with E-state index < -0.39 is 0 Å². The van der Waals surface area contributed by atoms with Crippen LogP contribution < -0.4 is 5.32 Å². The van der Waals surface area contributed by atoms with Gasteiger partial charge in [-0.2, -0.15) is 5.10 Å². The minimum atomic E-state index is -0.00862. The fourth-order valence-corrected chi connectivity index (χ4v) is 3.61. The van der Waals surface area contributed by atoms with Gasteiger partial charge in [0.1, 0.15) is 3.70 Å². The van der Waals surface area contributed by atoms with Gasteiger partial charge in [-0.3, -0.25) is 9.78 Å². The number of para-hydroxylation sites is 1. The molecule has 0 radical (unpaired) electrons. The van der Waals surface area contributed by atoms with E-state index in [2.05, 4.69) is 50.1 Å². The van der Waals surface area contributed by atoms with Gasteiger partial charge in [0.15, 0.2) is 0 Å². The van der Waals surface area contributed by atoms with Gasteiger partial charge in [-0.05, 0) is 71.0 Å². The Labute approximate surface area is 170 Å². The van der Waals surface area contributed by atoms with Crippen LogP contribution in [0, 0.1) is 3.70 Å². The van der Waals surface area contributed by atoms with Crippen LogP contribution in [0.25, 0.3) is 16.6 Å². The van der Waals surface area contributed by atoms with Crippen LogP contribution in [0.5, 0.6) is 0 Å². The van der Waals surface area contributed by atoms with Crippen molar-refractivity contribution in [1.82, 2.24) is 14.8 Å². The second-order valence-electron chi connectivity index (χ2n) is 6.18. The minimum absolute atomic E-state index is 0.00862. The van der Waals surface area contributed by atoms with Crippen LogP contribution in [0.1, 0.15) is 12.0 Å². The van der Waals surface area contributed by atoms with Gasteiger partial charge in [0, 0.05) is 29.9 Å². The molecule has 134 valence electrons. The number of nitrogens with zero attached hydrogens (tertiary/aromatic N) is 3. The van der Waals surface area contributed by atoms with Crippen molar-refractivity contribution in [3.05, 3.63) is 82.3 Å². The number of aryl methyl sites for hydroxylation is 1. The predicted octanol–water partition coefficient (Wildman–Crippen LogP) is 4.60. The summed E-state index contributed by atoms with van der Waals surface area (Å²) in [5, 5.41) is 8.70. The molecular weight excluding hydrogens is 451 g/mol. The van der Waals surface area contributed by atoms with Gasteiger partial charge in [0.05, 0.1) is 11.2 Å². The number of aromatic nitrogens is 3. The predicted molar refractivity (Wildman–Crippen MR) is 115 cm³/mol. The molecule has 0 fully saturated rings.